The van der Waals surface area contributed by atoms with Crippen LogP contribution in [0.4, 0.5) is 13.2 Å². The largest absolute Gasteiger partial charge is 0.493 e. The first-order valence-electron chi connectivity index (χ1n) is 5.03. The number of benzene rings is 1. The van der Waals surface area contributed by atoms with E-state index in [4.69, 9.17) is 15.2 Å². The lowest BCUT2D eigenvalue weighted by Crippen LogP contribution is -2.28. The van der Waals surface area contributed by atoms with Crippen molar-refractivity contribution in [3.05, 3.63) is 23.8 Å². The van der Waals surface area contributed by atoms with E-state index in [-0.39, 0.29) is 17.1 Å². The molecule has 0 saturated heterocycles. The minimum atomic E-state index is -4.52. The maximum Gasteiger partial charge on any atom is 0.407 e. The molecule has 0 spiro atoms. The second-order valence-electron chi connectivity index (χ2n) is 3.33. The Balaban J connectivity index is 3.19. The zero-order chi connectivity index (χ0) is 13.1. The fraction of sp³-hybridized carbons (Fsp3) is 0.455. The van der Waals surface area contributed by atoms with Gasteiger partial charge in [0.1, 0.15) is 6.04 Å². The molecule has 2 N–H and O–H groups in total. The van der Waals surface area contributed by atoms with Gasteiger partial charge in [0.15, 0.2) is 11.5 Å². The Morgan fingerprint density at radius 2 is 2.00 bits per heavy atom. The fourth-order valence-corrected chi connectivity index (χ4v) is 1.44. The molecular formula is C11H14F3NO2. The summed E-state index contributed by atoms with van der Waals surface area (Å²) in [7, 11) is 1.28. The highest BCUT2D eigenvalue weighted by Crippen LogP contribution is 2.39. The van der Waals surface area contributed by atoms with Gasteiger partial charge in [-0.25, -0.2) is 0 Å². The lowest BCUT2D eigenvalue weighted by atomic mass is 10.1. The standard InChI is InChI=1S/C11H14F3NO2/c1-3-17-8-6-4-5-7(9(8)16-2)10(15)11(12,13)14/h4-6,10H,3,15H2,1-2H3. The van der Waals surface area contributed by atoms with E-state index in [9.17, 15) is 13.2 Å². The molecule has 0 aliphatic carbocycles. The number of halogens is 3. The number of alkyl halides is 3. The monoisotopic (exact) mass is 249 g/mol. The van der Waals surface area contributed by atoms with Crippen LogP contribution < -0.4 is 15.2 Å². The highest BCUT2D eigenvalue weighted by atomic mass is 19.4. The fourth-order valence-electron chi connectivity index (χ4n) is 1.44. The lowest BCUT2D eigenvalue weighted by molar-refractivity contribution is -0.149. The maximum atomic E-state index is 12.5. The van der Waals surface area contributed by atoms with Crippen molar-refractivity contribution in [3.63, 3.8) is 0 Å². The predicted octanol–water partition coefficient (Wildman–Crippen LogP) is 2.66. The Hall–Kier alpha value is -1.43. The van der Waals surface area contributed by atoms with Crippen molar-refractivity contribution in [2.45, 2.75) is 19.1 Å². The summed E-state index contributed by atoms with van der Waals surface area (Å²) in [6.07, 6.45) is -4.52. The van der Waals surface area contributed by atoms with Crippen molar-refractivity contribution in [1.29, 1.82) is 0 Å². The smallest absolute Gasteiger partial charge is 0.407 e. The molecule has 1 rings (SSSR count). The zero-order valence-corrected chi connectivity index (χ0v) is 9.54. The lowest BCUT2D eigenvalue weighted by Gasteiger charge is -2.20. The van der Waals surface area contributed by atoms with Crippen LogP contribution in [0, 0.1) is 0 Å². The molecule has 1 aromatic carbocycles. The van der Waals surface area contributed by atoms with Crippen LogP contribution in [-0.4, -0.2) is 19.9 Å². The normalized spacial score (nSPS) is 13.3. The van der Waals surface area contributed by atoms with E-state index >= 15 is 0 Å². The van der Waals surface area contributed by atoms with E-state index in [1.807, 2.05) is 0 Å². The quantitative estimate of drug-likeness (QED) is 0.892. The molecule has 17 heavy (non-hydrogen) atoms. The van der Waals surface area contributed by atoms with E-state index < -0.39 is 12.2 Å². The van der Waals surface area contributed by atoms with E-state index in [0.29, 0.717) is 6.61 Å². The summed E-state index contributed by atoms with van der Waals surface area (Å²) in [6, 6.07) is 2.18. The van der Waals surface area contributed by atoms with Gasteiger partial charge in [-0.05, 0) is 13.0 Å². The topological polar surface area (TPSA) is 44.5 Å². The van der Waals surface area contributed by atoms with Crippen molar-refractivity contribution in [2.75, 3.05) is 13.7 Å². The van der Waals surface area contributed by atoms with E-state index in [1.165, 1.54) is 25.3 Å². The molecule has 0 aromatic heterocycles. The Kier molecular flexibility index (Phi) is 4.22. The Morgan fingerprint density at radius 1 is 1.35 bits per heavy atom. The van der Waals surface area contributed by atoms with Gasteiger partial charge >= 0.3 is 6.18 Å². The molecule has 6 heteroatoms. The molecule has 0 fully saturated rings. The molecule has 0 saturated carbocycles. The van der Waals surface area contributed by atoms with Gasteiger partial charge in [0.25, 0.3) is 0 Å². The van der Waals surface area contributed by atoms with Gasteiger partial charge in [0.2, 0.25) is 0 Å². The first-order valence-corrected chi connectivity index (χ1v) is 5.03. The third-order valence-electron chi connectivity index (χ3n) is 2.20. The molecule has 3 nitrogen and oxygen atoms in total. The van der Waals surface area contributed by atoms with Crippen LogP contribution in [0.25, 0.3) is 0 Å². The van der Waals surface area contributed by atoms with Gasteiger partial charge in [0, 0.05) is 5.56 Å². The van der Waals surface area contributed by atoms with E-state index in [2.05, 4.69) is 0 Å². The minimum absolute atomic E-state index is 0.0270. The molecule has 0 bridgehead atoms. The second kappa shape index (κ2) is 5.27. The van der Waals surface area contributed by atoms with Gasteiger partial charge in [-0.1, -0.05) is 12.1 Å². The molecule has 0 aliphatic rings. The molecule has 1 aromatic rings. The molecule has 0 amide bonds. The zero-order valence-electron chi connectivity index (χ0n) is 9.54. The van der Waals surface area contributed by atoms with Gasteiger partial charge in [-0.2, -0.15) is 13.2 Å². The van der Waals surface area contributed by atoms with Crippen LogP contribution in [-0.2, 0) is 0 Å². The third-order valence-corrected chi connectivity index (χ3v) is 2.20. The average molecular weight is 249 g/mol. The summed E-state index contributed by atoms with van der Waals surface area (Å²) < 4.78 is 47.8. The van der Waals surface area contributed by atoms with Crippen molar-refractivity contribution in [3.8, 4) is 11.5 Å². The van der Waals surface area contributed by atoms with Gasteiger partial charge < -0.3 is 15.2 Å². The summed E-state index contributed by atoms with van der Waals surface area (Å²) in [5.41, 5.74) is 5.02. The van der Waals surface area contributed by atoms with E-state index in [1.54, 1.807) is 6.92 Å². The number of hydrogen-bond acceptors (Lipinski definition) is 3. The number of nitrogens with two attached hydrogens (primary N) is 1. The van der Waals surface area contributed by atoms with Gasteiger partial charge in [0.05, 0.1) is 13.7 Å². The van der Waals surface area contributed by atoms with Crippen LogP contribution in [0.5, 0.6) is 11.5 Å². The molecule has 1 atom stereocenters. The van der Waals surface area contributed by atoms with Crippen LogP contribution in [0.2, 0.25) is 0 Å². The summed E-state index contributed by atoms with van der Waals surface area (Å²) >= 11 is 0. The third kappa shape index (κ3) is 3.03. The summed E-state index contributed by atoms with van der Waals surface area (Å²) in [6.45, 7) is 2.07. The second-order valence-corrected chi connectivity index (χ2v) is 3.33. The maximum absolute atomic E-state index is 12.5. The molecule has 0 aliphatic heterocycles. The molecule has 96 valence electrons. The molecular weight excluding hydrogens is 235 g/mol. The van der Waals surface area contributed by atoms with Crippen molar-refractivity contribution in [1.82, 2.24) is 0 Å². The number of para-hydroxylation sites is 1. The number of methoxy groups -OCH3 is 1. The van der Waals surface area contributed by atoms with Gasteiger partial charge in [-0.3, -0.25) is 0 Å². The summed E-state index contributed by atoms with van der Waals surface area (Å²) in [4.78, 5) is 0. The van der Waals surface area contributed by atoms with Crippen molar-refractivity contribution in [2.24, 2.45) is 5.73 Å². The summed E-state index contributed by atoms with van der Waals surface area (Å²) in [5, 5.41) is 0. The highest BCUT2D eigenvalue weighted by Gasteiger charge is 2.39. The first kappa shape index (κ1) is 13.6. The molecule has 1 unspecified atom stereocenters. The average Bonchev–Trinajstić information content (AvgIpc) is 2.27. The molecule has 0 radical (unpaired) electrons. The minimum Gasteiger partial charge on any atom is -0.493 e. The SMILES string of the molecule is CCOc1cccc(C(N)C(F)(F)F)c1OC. The van der Waals surface area contributed by atoms with Crippen molar-refractivity contribution < 1.29 is 22.6 Å². The number of hydrogen-bond donors (Lipinski definition) is 1. The van der Waals surface area contributed by atoms with Crippen molar-refractivity contribution >= 4 is 0 Å². The van der Waals surface area contributed by atoms with Crippen LogP contribution in [0.1, 0.15) is 18.5 Å². The first-order chi connectivity index (χ1) is 7.91. The van der Waals surface area contributed by atoms with Crippen LogP contribution in [0.15, 0.2) is 18.2 Å². The van der Waals surface area contributed by atoms with Gasteiger partial charge in [-0.15, -0.1) is 0 Å². The van der Waals surface area contributed by atoms with E-state index in [0.717, 1.165) is 0 Å². The van der Waals surface area contributed by atoms with Crippen LogP contribution >= 0.6 is 0 Å². The predicted molar refractivity (Wildman–Crippen MR) is 57.1 cm³/mol. The Labute approximate surface area is 97.3 Å². The number of ether oxygens (including phenoxy) is 2. The summed E-state index contributed by atoms with van der Waals surface area (Å²) in [5.74, 6) is 0.284. The highest BCUT2D eigenvalue weighted by molar-refractivity contribution is 5.48. The number of rotatable bonds is 4. The molecule has 0 heterocycles. The Bertz CT molecular complexity index is 379. The van der Waals surface area contributed by atoms with Crippen LogP contribution in [0.3, 0.4) is 0 Å². The Morgan fingerprint density at radius 3 is 2.47 bits per heavy atom.